The summed E-state index contributed by atoms with van der Waals surface area (Å²) in [4.78, 5) is 22.8. The molecule has 0 radical (unpaired) electrons. The number of carbonyl (C=O) groups excluding carboxylic acids is 2. The fraction of sp³-hybridized carbons (Fsp3) is 0.467. The molecule has 0 saturated carbocycles. The first kappa shape index (κ1) is 20.2. The van der Waals surface area contributed by atoms with Gasteiger partial charge in [0.2, 0.25) is 0 Å². The predicted molar refractivity (Wildman–Crippen MR) is 90.5 cm³/mol. The quantitative estimate of drug-likeness (QED) is 0.346. The highest BCUT2D eigenvalue weighted by Gasteiger charge is 2.10. The fourth-order valence-corrected chi connectivity index (χ4v) is 2.11. The third-order valence-electron chi connectivity index (χ3n) is 3.14. The molecule has 132 valence electrons. The van der Waals surface area contributed by atoms with Crippen LogP contribution in [0.3, 0.4) is 0 Å². The van der Waals surface area contributed by atoms with Gasteiger partial charge in [-0.2, -0.15) is 8.42 Å². The Kier molecular flexibility index (Phi) is 8.49. The molecule has 0 aliphatic rings. The molecule has 0 unspecified atom stereocenters. The number of benzene rings is 1. The van der Waals surface area contributed by atoms with Crippen molar-refractivity contribution < 1.29 is 32.0 Å². The molecule has 9 heteroatoms. The standard InChI is InChI=1S/C15H21BO7S/c16-13-6-4-12(5-7-13)8-9-22-14(17)2-1-3-15(18)23-10-11-24(19,20)21/h4-7H,1-3,8-11,16H2,(H,19,20,21). The molecule has 0 fully saturated rings. The van der Waals surface area contributed by atoms with E-state index in [1.54, 1.807) is 0 Å². The zero-order valence-corrected chi connectivity index (χ0v) is 14.4. The molecule has 1 aromatic rings. The molecule has 0 amide bonds. The van der Waals surface area contributed by atoms with E-state index in [0.29, 0.717) is 6.42 Å². The van der Waals surface area contributed by atoms with Crippen LogP contribution in [0.1, 0.15) is 24.8 Å². The second kappa shape index (κ2) is 10.1. The molecule has 1 N–H and O–H groups in total. The lowest BCUT2D eigenvalue weighted by Gasteiger charge is -2.06. The lowest BCUT2D eigenvalue weighted by molar-refractivity contribution is -0.145. The highest BCUT2D eigenvalue weighted by Crippen LogP contribution is 2.02. The number of rotatable bonds is 10. The van der Waals surface area contributed by atoms with Gasteiger partial charge in [-0.25, -0.2) is 0 Å². The summed E-state index contributed by atoms with van der Waals surface area (Å²) < 4.78 is 39.1. The third-order valence-corrected chi connectivity index (χ3v) is 3.82. The summed E-state index contributed by atoms with van der Waals surface area (Å²) in [6.07, 6.45) is 0.956. The van der Waals surface area contributed by atoms with Crippen LogP contribution in [0.2, 0.25) is 0 Å². The second-order valence-electron chi connectivity index (χ2n) is 5.32. The van der Waals surface area contributed by atoms with Crippen molar-refractivity contribution in [1.29, 1.82) is 0 Å². The van der Waals surface area contributed by atoms with Crippen molar-refractivity contribution in [3.63, 3.8) is 0 Å². The molecular weight excluding hydrogens is 335 g/mol. The normalized spacial score (nSPS) is 11.0. The van der Waals surface area contributed by atoms with Crippen molar-refractivity contribution in [3.8, 4) is 0 Å². The Labute approximate surface area is 142 Å². The van der Waals surface area contributed by atoms with Gasteiger partial charge in [-0.15, -0.1) is 0 Å². The molecule has 7 nitrogen and oxygen atoms in total. The number of ether oxygens (including phenoxy) is 2. The molecule has 0 heterocycles. The van der Waals surface area contributed by atoms with Crippen LogP contribution in [0, 0.1) is 0 Å². The molecule has 1 rings (SSSR count). The van der Waals surface area contributed by atoms with Gasteiger partial charge in [0.1, 0.15) is 20.2 Å². The third kappa shape index (κ3) is 10.0. The van der Waals surface area contributed by atoms with Gasteiger partial charge in [0.05, 0.1) is 6.61 Å². The van der Waals surface area contributed by atoms with Crippen LogP contribution in [0.25, 0.3) is 0 Å². The van der Waals surface area contributed by atoms with Crippen LogP contribution in [0.15, 0.2) is 24.3 Å². The Hall–Kier alpha value is -1.87. The topological polar surface area (TPSA) is 107 Å². The van der Waals surface area contributed by atoms with E-state index < -0.39 is 34.4 Å². The van der Waals surface area contributed by atoms with Gasteiger partial charge >= 0.3 is 11.9 Å². The number of hydrogen-bond donors (Lipinski definition) is 1. The second-order valence-corrected chi connectivity index (χ2v) is 6.89. The van der Waals surface area contributed by atoms with Crippen molar-refractivity contribution >= 4 is 35.4 Å². The first-order valence-corrected chi connectivity index (χ1v) is 9.19. The summed E-state index contributed by atoms with van der Waals surface area (Å²) in [5, 5.41) is 0. The Morgan fingerprint density at radius 2 is 1.54 bits per heavy atom. The average molecular weight is 356 g/mol. The minimum atomic E-state index is -4.14. The van der Waals surface area contributed by atoms with Crippen LogP contribution in [-0.2, 0) is 35.6 Å². The highest BCUT2D eigenvalue weighted by molar-refractivity contribution is 7.85. The first-order chi connectivity index (χ1) is 11.3. The highest BCUT2D eigenvalue weighted by atomic mass is 32.2. The Balaban J connectivity index is 2.09. The van der Waals surface area contributed by atoms with Crippen LogP contribution < -0.4 is 5.46 Å². The van der Waals surface area contributed by atoms with Gasteiger partial charge in [-0.3, -0.25) is 14.1 Å². The molecule has 1 aromatic carbocycles. The Bertz CT molecular complexity index is 640. The van der Waals surface area contributed by atoms with Crippen LogP contribution >= 0.6 is 0 Å². The van der Waals surface area contributed by atoms with Crippen molar-refractivity contribution in [2.45, 2.75) is 25.7 Å². The SMILES string of the molecule is Bc1ccc(CCOC(=O)CCCC(=O)OCCS(=O)(=O)O)cc1. The van der Waals surface area contributed by atoms with E-state index in [2.05, 4.69) is 4.74 Å². The summed E-state index contributed by atoms with van der Waals surface area (Å²) in [6.45, 7) is -0.126. The molecule has 0 saturated heterocycles. The summed E-state index contributed by atoms with van der Waals surface area (Å²) >= 11 is 0. The van der Waals surface area contributed by atoms with E-state index in [4.69, 9.17) is 9.29 Å². The summed E-state index contributed by atoms with van der Waals surface area (Å²) in [5.41, 5.74) is 2.25. The molecule has 0 aliphatic carbocycles. The molecular formula is C15H21BO7S. The molecule has 0 aliphatic heterocycles. The minimum Gasteiger partial charge on any atom is -0.465 e. The van der Waals surface area contributed by atoms with Gasteiger partial charge in [-0.05, 0) is 12.0 Å². The molecule has 24 heavy (non-hydrogen) atoms. The van der Waals surface area contributed by atoms with Gasteiger partial charge in [0, 0.05) is 19.3 Å². The van der Waals surface area contributed by atoms with Gasteiger partial charge in [0.15, 0.2) is 0 Å². The zero-order chi connectivity index (χ0) is 18.0. The smallest absolute Gasteiger partial charge is 0.305 e. The minimum absolute atomic E-state index is 0.0153. The van der Waals surface area contributed by atoms with E-state index >= 15 is 0 Å². The number of carbonyl (C=O) groups is 2. The summed E-state index contributed by atoms with van der Waals surface area (Å²) in [6, 6.07) is 7.94. The maximum absolute atomic E-state index is 11.5. The monoisotopic (exact) mass is 356 g/mol. The Morgan fingerprint density at radius 3 is 2.08 bits per heavy atom. The Morgan fingerprint density at radius 1 is 1.00 bits per heavy atom. The van der Waals surface area contributed by atoms with Gasteiger partial charge in [-0.1, -0.05) is 29.7 Å². The van der Waals surface area contributed by atoms with Gasteiger partial charge < -0.3 is 9.47 Å². The number of esters is 2. The molecule has 0 aromatic heterocycles. The summed E-state index contributed by atoms with van der Waals surface area (Å²) in [7, 11) is -2.14. The lowest BCUT2D eigenvalue weighted by Crippen LogP contribution is -2.15. The summed E-state index contributed by atoms with van der Waals surface area (Å²) in [5.74, 6) is -1.65. The van der Waals surface area contributed by atoms with Crippen LogP contribution in [0.4, 0.5) is 0 Å². The maximum Gasteiger partial charge on any atom is 0.305 e. The van der Waals surface area contributed by atoms with E-state index in [9.17, 15) is 18.0 Å². The lowest BCUT2D eigenvalue weighted by atomic mass is 9.95. The van der Waals surface area contributed by atoms with E-state index in [0.717, 1.165) is 5.56 Å². The van der Waals surface area contributed by atoms with Crippen molar-refractivity contribution in [2.75, 3.05) is 19.0 Å². The van der Waals surface area contributed by atoms with E-state index in [1.807, 2.05) is 32.1 Å². The molecule has 0 atom stereocenters. The predicted octanol–water partition coefficient (Wildman–Crippen LogP) is -0.368. The fourth-order valence-electron chi connectivity index (χ4n) is 1.82. The zero-order valence-electron chi connectivity index (χ0n) is 13.6. The average Bonchev–Trinajstić information content (AvgIpc) is 2.48. The first-order valence-electron chi connectivity index (χ1n) is 7.58. The maximum atomic E-state index is 11.5. The van der Waals surface area contributed by atoms with Crippen molar-refractivity contribution in [1.82, 2.24) is 0 Å². The largest absolute Gasteiger partial charge is 0.465 e. The van der Waals surface area contributed by atoms with Gasteiger partial charge in [0.25, 0.3) is 10.1 Å². The molecule has 0 bridgehead atoms. The molecule has 0 spiro atoms. The van der Waals surface area contributed by atoms with Crippen molar-refractivity contribution in [2.24, 2.45) is 0 Å². The van der Waals surface area contributed by atoms with Crippen molar-refractivity contribution in [3.05, 3.63) is 29.8 Å². The van der Waals surface area contributed by atoms with E-state index in [-0.39, 0.29) is 25.9 Å². The van der Waals surface area contributed by atoms with Crippen LogP contribution in [-0.4, -0.2) is 51.7 Å². The number of hydrogen-bond acceptors (Lipinski definition) is 6. The van der Waals surface area contributed by atoms with Crippen LogP contribution in [0.5, 0.6) is 0 Å². The van der Waals surface area contributed by atoms with E-state index in [1.165, 1.54) is 5.46 Å².